The zero-order valence-electron chi connectivity index (χ0n) is 22.9. The maximum Gasteiger partial charge on any atom is 0.343 e. The van der Waals surface area contributed by atoms with Gasteiger partial charge in [0.1, 0.15) is 22.6 Å². The highest BCUT2D eigenvalue weighted by Gasteiger charge is 2.39. The summed E-state index contributed by atoms with van der Waals surface area (Å²) in [6, 6.07) is 14.9. The fraction of sp³-hybridized carbons (Fsp3) is 0.406. The van der Waals surface area contributed by atoms with Crippen molar-refractivity contribution >= 4 is 28.9 Å². The number of furan rings is 2. The molecule has 0 radical (unpaired) electrons. The lowest BCUT2D eigenvalue weighted by Gasteiger charge is -2.33. The SMILES string of the molecule is CCOC(=O)c1cc(-c2ccc(-c3cc4ncccc4o3)cc2)oc1N(C(=O)C1CCC(C)CC1)C1CCOC1. The molecule has 6 rings (SSSR count). The molecule has 1 saturated carbocycles. The van der Waals surface area contributed by atoms with E-state index in [-0.39, 0.29) is 35.9 Å². The first-order chi connectivity index (χ1) is 19.5. The lowest BCUT2D eigenvalue weighted by atomic mass is 9.82. The van der Waals surface area contributed by atoms with E-state index in [2.05, 4.69) is 11.9 Å². The highest BCUT2D eigenvalue weighted by atomic mass is 16.5. The zero-order chi connectivity index (χ0) is 27.6. The summed E-state index contributed by atoms with van der Waals surface area (Å²) in [7, 11) is 0. The summed E-state index contributed by atoms with van der Waals surface area (Å²) >= 11 is 0. The Morgan fingerprint density at radius 2 is 1.70 bits per heavy atom. The number of amides is 1. The molecule has 2 fully saturated rings. The second kappa shape index (κ2) is 11.3. The number of anilines is 1. The predicted octanol–water partition coefficient (Wildman–Crippen LogP) is 6.88. The van der Waals surface area contributed by atoms with E-state index in [1.807, 2.05) is 42.5 Å². The molecule has 1 aromatic carbocycles. The van der Waals surface area contributed by atoms with E-state index < -0.39 is 5.97 Å². The molecule has 8 nitrogen and oxygen atoms in total. The van der Waals surface area contributed by atoms with Crippen LogP contribution in [0, 0.1) is 11.8 Å². The summed E-state index contributed by atoms with van der Waals surface area (Å²) in [5, 5.41) is 0. The number of carbonyl (C=O) groups excluding carboxylic acids is 2. The largest absolute Gasteiger partial charge is 0.462 e. The van der Waals surface area contributed by atoms with Crippen molar-refractivity contribution in [3.63, 3.8) is 0 Å². The number of rotatable bonds is 7. The number of benzene rings is 1. The molecule has 1 aliphatic heterocycles. The Hall–Kier alpha value is -3.91. The van der Waals surface area contributed by atoms with Crippen LogP contribution in [-0.2, 0) is 14.3 Å². The average Bonchev–Trinajstić information content (AvgIpc) is 3.74. The molecular formula is C32H34N2O6. The third kappa shape index (κ3) is 5.16. The van der Waals surface area contributed by atoms with Crippen molar-refractivity contribution in [2.24, 2.45) is 11.8 Å². The van der Waals surface area contributed by atoms with E-state index in [1.165, 1.54) is 0 Å². The van der Waals surface area contributed by atoms with Crippen molar-refractivity contribution in [3.05, 3.63) is 60.3 Å². The lowest BCUT2D eigenvalue weighted by Crippen LogP contribution is -2.45. The van der Waals surface area contributed by atoms with Crippen molar-refractivity contribution in [3.8, 4) is 22.6 Å². The Balaban J connectivity index is 1.35. The Morgan fingerprint density at radius 3 is 2.35 bits per heavy atom. The van der Waals surface area contributed by atoms with Gasteiger partial charge in [-0.2, -0.15) is 0 Å². The molecule has 4 aromatic rings. The molecule has 1 unspecified atom stereocenters. The maximum absolute atomic E-state index is 14.0. The van der Waals surface area contributed by atoms with Gasteiger partial charge >= 0.3 is 5.97 Å². The second-order valence-electron chi connectivity index (χ2n) is 10.8. The van der Waals surface area contributed by atoms with Gasteiger partial charge in [0.25, 0.3) is 0 Å². The van der Waals surface area contributed by atoms with E-state index in [0.29, 0.717) is 37.1 Å². The van der Waals surface area contributed by atoms with Crippen LogP contribution >= 0.6 is 0 Å². The number of fused-ring (bicyclic) bond motifs is 1. The van der Waals surface area contributed by atoms with Gasteiger partial charge in [0, 0.05) is 42.0 Å². The molecule has 0 spiro atoms. The van der Waals surface area contributed by atoms with Gasteiger partial charge in [-0.1, -0.05) is 31.2 Å². The number of carbonyl (C=O) groups is 2. The number of hydrogen-bond donors (Lipinski definition) is 0. The van der Waals surface area contributed by atoms with Crippen molar-refractivity contribution in [2.75, 3.05) is 24.7 Å². The monoisotopic (exact) mass is 542 g/mol. The zero-order valence-corrected chi connectivity index (χ0v) is 22.9. The van der Waals surface area contributed by atoms with Crippen LogP contribution in [0.1, 0.15) is 56.3 Å². The number of hydrogen-bond acceptors (Lipinski definition) is 7. The average molecular weight is 543 g/mol. The quantitative estimate of drug-likeness (QED) is 0.235. The highest BCUT2D eigenvalue weighted by Crippen LogP contribution is 2.38. The van der Waals surface area contributed by atoms with Gasteiger partial charge in [0.2, 0.25) is 11.8 Å². The summed E-state index contributed by atoms with van der Waals surface area (Å²) in [6.07, 6.45) is 6.14. The Morgan fingerprint density at radius 1 is 0.975 bits per heavy atom. The molecule has 8 heteroatoms. The smallest absolute Gasteiger partial charge is 0.343 e. The van der Waals surface area contributed by atoms with E-state index in [9.17, 15) is 9.59 Å². The minimum atomic E-state index is -0.507. The normalized spacial score (nSPS) is 21.0. The number of esters is 1. The molecule has 3 aromatic heterocycles. The van der Waals surface area contributed by atoms with Crippen LogP contribution in [0.4, 0.5) is 5.88 Å². The molecule has 4 heterocycles. The highest BCUT2D eigenvalue weighted by molar-refractivity contribution is 6.03. The van der Waals surface area contributed by atoms with E-state index in [4.69, 9.17) is 18.3 Å². The van der Waals surface area contributed by atoms with Crippen molar-refractivity contribution < 1.29 is 27.9 Å². The predicted molar refractivity (Wildman–Crippen MR) is 151 cm³/mol. The first kappa shape index (κ1) is 26.3. The topological polar surface area (TPSA) is 95.0 Å². The molecule has 40 heavy (non-hydrogen) atoms. The molecule has 2 aliphatic rings. The number of aromatic nitrogens is 1. The fourth-order valence-corrected chi connectivity index (χ4v) is 5.74. The van der Waals surface area contributed by atoms with Gasteiger partial charge in [-0.15, -0.1) is 0 Å². The third-order valence-electron chi connectivity index (χ3n) is 8.04. The number of ether oxygens (including phenoxy) is 2. The summed E-state index contributed by atoms with van der Waals surface area (Å²) in [5.74, 6) is 1.47. The molecule has 1 aliphatic carbocycles. The number of pyridine rings is 1. The van der Waals surface area contributed by atoms with Crippen LogP contribution in [0.3, 0.4) is 0 Å². The van der Waals surface area contributed by atoms with E-state index in [1.54, 1.807) is 24.1 Å². The third-order valence-corrected chi connectivity index (χ3v) is 8.04. The molecule has 1 atom stereocenters. The van der Waals surface area contributed by atoms with Gasteiger partial charge < -0.3 is 18.3 Å². The standard InChI is InChI=1S/C32H34N2O6/c1-3-38-32(36)25-17-28(21-10-12-22(13-11-21)29-18-26-27(39-29)5-4-15-33-26)40-31(25)34(24-14-16-37-19-24)30(35)23-8-6-20(2)7-9-23/h4-5,10-13,15,17-18,20,23-24H,3,6-9,14,16,19H2,1-2H3. The van der Waals surface area contributed by atoms with E-state index in [0.717, 1.165) is 47.9 Å². The summed E-state index contributed by atoms with van der Waals surface area (Å²) in [4.78, 5) is 33.2. The number of nitrogens with zero attached hydrogens (tertiary/aromatic N) is 2. The van der Waals surface area contributed by atoms with Crippen LogP contribution < -0.4 is 4.90 Å². The van der Waals surface area contributed by atoms with Crippen LogP contribution in [0.5, 0.6) is 0 Å². The van der Waals surface area contributed by atoms with Gasteiger partial charge in [-0.25, -0.2) is 4.79 Å². The van der Waals surface area contributed by atoms with Crippen molar-refractivity contribution in [2.45, 2.75) is 52.0 Å². The summed E-state index contributed by atoms with van der Waals surface area (Å²) < 4.78 is 23.4. The van der Waals surface area contributed by atoms with Crippen molar-refractivity contribution in [1.82, 2.24) is 4.98 Å². The maximum atomic E-state index is 14.0. The Bertz CT molecular complexity index is 1460. The molecular weight excluding hydrogens is 508 g/mol. The van der Waals surface area contributed by atoms with E-state index >= 15 is 0 Å². The Labute approximate surface area is 233 Å². The minimum Gasteiger partial charge on any atom is -0.462 e. The van der Waals surface area contributed by atoms with Gasteiger partial charge in [-0.05, 0) is 57.1 Å². The van der Waals surface area contributed by atoms with Crippen molar-refractivity contribution in [1.29, 1.82) is 0 Å². The van der Waals surface area contributed by atoms with Crippen LogP contribution in [0.15, 0.2) is 63.6 Å². The molecule has 1 saturated heterocycles. The second-order valence-corrected chi connectivity index (χ2v) is 10.8. The minimum absolute atomic E-state index is 0.00249. The Kier molecular flexibility index (Phi) is 7.43. The molecule has 0 N–H and O–H groups in total. The van der Waals surface area contributed by atoms with Crippen LogP contribution in [0.2, 0.25) is 0 Å². The first-order valence-corrected chi connectivity index (χ1v) is 14.2. The fourth-order valence-electron chi connectivity index (χ4n) is 5.74. The molecule has 1 amide bonds. The summed E-state index contributed by atoms with van der Waals surface area (Å²) in [5.41, 5.74) is 3.45. The van der Waals surface area contributed by atoms with Crippen LogP contribution in [0.25, 0.3) is 33.7 Å². The summed E-state index contributed by atoms with van der Waals surface area (Å²) in [6.45, 7) is 5.20. The van der Waals surface area contributed by atoms with Gasteiger partial charge in [0.15, 0.2) is 5.58 Å². The van der Waals surface area contributed by atoms with Gasteiger partial charge in [-0.3, -0.25) is 14.7 Å². The molecule has 208 valence electrons. The van der Waals surface area contributed by atoms with Crippen LogP contribution in [-0.4, -0.2) is 42.7 Å². The molecule has 0 bridgehead atoms. The van der Waals surface area contributed by atoms with Gasteiger partial charge in [0.05, 0.1) is 19.3 Å². The first-order valence-electron chi connectivity index (χ1n) is 14.2. The lowest BCUT2D eigenvalue weighted by molar-refractivity contribution is -0.124.